The van der Waals surface area contributed by atoms with Crippen molar-refractivity contribution in [2.45, 2.75) is 24.7 Å². The largest absolute Gasteiger partial charge is 0.494 e. The maximum Gasteiger partial charge on any atom is 0.337 e. The minimum absolute atomic E-state index is 0.116. The molecule has 182 valence electrons. The van der Waals surface area contributed by atoms with Crippen LogP contribution in [-0.4, -0.2) is 49.3 Å². The topological polar surface area (TPSA) is 160 Å². The summed E-state index contributed by atoms with van der Waals surface area (Å²) in [6.45, 7) is 2.66. The first-order valence-electron chi connectivity index (χ1n) is 10.5. The predicted molar refractivity (Wildman–Crippen MR) is 122 cm³/mol. The van der Waals surface area contributed by atoms with Gasteiger partial charge in [0.2, 0.25) is 15.9 Å². The van der Waals surface area contributed by atoms with Crippen LogP contribution < -0.4 is 20.9 Å². The highest BCUT2D eigenvalue weighted by molar-refractivity contribution is 7.89. The molecule has 1 aliphatic heterocycles. The number of nitrogens with zero attached hydrogens (tertiary/aromatic N) is 2. The lowest BCUT2D eigenvalue weighted by Crippen LogP contribution is -2.49. The predicted octanol–water partition coefficient (Wildman–Crippen LogP) is 2.25. The van der Waals surface area contributed by atoms with E-state index in [1.54, 1.807) is 12.1 Å². The SMILES string of the molecule is CCOc1ccc(S(=O)(=O)N2CCC(C(=O)NNC(=O)Nc3ccc([N+](=O)[O-])cc3)CC2)cc1. The van der Waals surface area contributed by atoms with Gasteiger partial charge in [-0.25, -0.2) is 18.6 Å². The van der Waals surface area contributed by atoms with Crippen LogP contribution in [0.15, 0.2) is 53.4 Å². The average molecular weight is 492 g/mol. The smallest absolute Gasteiger partial charge is 0.337 e. The van der Waals surface area contributed by atoms with Gasteiger partial charge in [0.15, 0.2) is 0 Å². The summed E-state index contributed by atoms with van der Waals surface area (Å²) in [4.78, 5) is 34.6. The molecule has 13 heteroatoms. The molecule has 3 N–H and O–H groups in total. The summed E-state index contributed by atoms with van der Waals surface area (Å²) in [5.74, 6) is -0.314. The fourth-order valence-electron chi connectivity index (χ4n) is 3.43. The summed E-state index contributed by atoms with van der Waals surface area (Å²) in [5, 5.41) is 13.1. The minimum Gasteiger partial charge on any atom is -0.494 e. The Hall–Kier alpha value is -3.71. The lowest BCUT2D eigenvalue weighted by molar-refractivity contribution is -0.384. The Morgan fingerprint density at radius 3 is 2.24 bits per heavy atom. The molecule has 1 fully saturated rings. The molecule has 2 aromatic carbocycles. The van der Waals surface area contributed by atoms with E-state index in [4.69, 9.17) is 4.74 Å². The number of non-ortho nitro benzene ring substituents is 1. The Kier molecular flexibility index (Phi) is 8.02. The molecule has 0 spiro atoms. The number of rotatable bonds is 7. The molecular weight excluding hydrogens is 466 g/mol. The molecule has 0 bridgehead atoms. The fourth-order valence-corrected chi connectivity index (χ4v) is 4.90. The zero-order valence-corrected chi connectivity index (χ0v) is 19.2. The number of urea groups is 1. The van der Waals surface area contributed by atoms with Gasteiger partial charge in [0, 0.05) is 36.8 Å². The van der Waals surface area contributed by atoms with E-state index < -0.39 is 32.8 Å². The van der Waals surface area contributed by atoms with E-state index >= 15 is 0 Å². The van der Waals surface area contributed by atoms with E-state index in [9.17, 15) is 28.1 Å². The van der Waals surface area contributed by atoms with Crippen molar-refractivity contribution >= 4 is 33.3 Å². The number of nitrogens with one attached hydrogen (secondary N) is 3. The lowest BCUT2D eigenvalue weighted by Gasteiger charge is -2.30. The van der Waals surface area contributed by atoms with Crippen LogP contribution in [0.5, 0.6) is 5.75 Å². The van der Waals surface area contributed by atoms with Gasteiger partial charge >= 0.3 is 6.03 Å². The number of nitro benzene ring substituents is 1. The highest BCUT2D eigenvalue weighted by atomic mass is 32.2. The molecule has 1 aliphatic rings. The van der Waals surface area contributed by atoms with Crippen LogP contribution >= 0.6 is 0 Å². The van der Waals surface area contributed by atoms with Gasteiger partial charge < -0.3 is 10.1 Å². The molecule has 12 nitrogen and oxygen atoms in total. The van der Waals surface area contributed by atoms with Crippen LogP contribution in [0.3, 0.4) is 0 Å². The van der Waals surface area contributed by atoms with Crippen LogP contribution in [0, 0.1) is 16.0 Å². The van der Waals surface area contributed by atoms with Crippen molar-refractivity contribution in [2.24, 2.45) is 5.92 Å². The number of ether oxygens (including phenoxy) is 1. The van der Waals surface area contributed by atoms with Gasteiger partial charge in [-0.2, -0.15) is 4.31 Å². The summed E-state index contributed by atoms with van der Waals surface area (Å²) in [6, 6.07) is 10.7. The number of piperidine rings is 1. The van der Waals surface area contributed by atoms with E-state index in [0.29, 0.717) is 30.9 Å². The second-order valence-electron chi connectivity index (χ2n) is 7.46. The van der Waals surface area contributed by atoms with Gasteiger partial charge in [-0.05, 0) is 56.2 Å². The molecule has 0 aliphatic carbocycles. The highest BCUT2D eigenvalue weighted by Gasteiger charge is 2.32. The molecule has 3 amide bonds. The van der Waals surface area contributed by atoms with Gasteiger partial charge in [-0.1, -0.05) is 0 Å². The first kappa shape index (κ1) is 24.9. The number of hydrogen-bond donors (Lipinski definition) is 3. The Bertz CT molecular complexity index is 1130. The Labute approximate surface area is 196 Å². The lowest BCUT2D eigenvalue weighted by atomic mass is 9.98. The van der Waals surface area contributed by atoms with Gasteiger partial charge in [-0.3, -0.25) is 20.3 Å². The van der Waals surface area contributed by atoms with Crippen molar-refractivity contribution in [2.75, 3.05) is 25.0 Å². The third kappa shape index (κ3) is 6.20. The first-order valence-corrected chi connectivity index (χ1v) is 12.0. The zero-order valence-electron chi connectivity index (χ0n) is 18.4. The molecule has 0 saturated carbocycles. The minimum atomic E-state index is -3.69. The van der Waals surface area contributed by atoms with E-state index in [1.807, 2.05) is 6.92 Å². The van der Waals surface area contributed by atoms with E-state index in [-0.39, 0.29) is 23.7 Å². The maximum atomic E-state index is 12.9. The Morgan fingerprint density at radius 2 is 1.68 bits per heavy atom. The number of carbonyl (C=O) groups is 2. The number of carbonyl (C=O) groups excluding carboxylic acids is 2. The summed E-state index contributed by atoms with van der Waals surface area (Å²) in [7, 11) is -3.69. The van der Waals surface area contributed by atoms with Crippen molar-refractivity contribution < 1.29 is 27.7 Å². The van der Waals surface area contributed by atoms with E-state index in [1.165, 1.54) is 40.7 Å². The molecule has 2 aromatic rings. The van der Waals surface area contributed by atoms with Gasteiger partial charge in [0.1, 0.15) is 5.75 Å². The molecule has 3 rings (SSSR count). The number of amides is 3. The van der Waals surface area contributed by atoms with Crippen molar-refractivity contribution in [3.05, 3.63) is 58.6 Å². The number of nitro groups is 1. The van der Waals surface area contributed by atoms with Gasteiger partial charge in [0.25, 0.3) is 5.69 Å². The van der Waals surface area contributed by atoms with Crippen LogP contribution in [0.4, 0.5) is 16.2 Å². The molecule has 1 heterocycles. The second kappa shape index (κ2) is 10.9. The first-order chi connectivity index (χ1) is 16.2. The second-order valence-corrected chi connectivity index (χ2v) is 9.39. The molecule has 34 heavy (non-hydrogen) atoms. The third-order valence-corrected chi connectivity index (χ3v) is 7.15. The summed E-state index contributed by atoms with van der Waals surface area (Å²) >= 11 is 0. The quantitative estimate of drug-likeness (QED) is 0.395. The highest BCUT2D eigenvalue weighted by Crippen LogP contribution is 2.25. The molecular formula is C21H25N5O7S. The van der Waals surface area contributed by atoms with E-state index in [2.05, 4.69) is 16.2 Å². The maximum absolute atomic E-state index is 12.9. The summed E-state index contributed by atoms with van der Waals surface area (Å²) < 4.78 is 32.4. The number of hydrogen-bond acceptors (Lipinski definition) is 7. The van der Waals surface area contributed by atoms with Crippen molar-refractivity contribution in [1.82, 2.24) is 15.2 Å². The van der Waals surface area contributed by atoms with Crippen LogP contribution in [0.1, 0.15) is 19.8 Å². The standard InChI is InChI=1S/C21H25N5O7S/c1-2-33-18-7-9-19(10-8-18)34(31,32)25-13-11-15(12-14-25)20(27)23-24-21(28)22-16-3-5-17(6-4-16)26(29)30/h3-10,15H,2,11-14H2,1H3,(H,23,27)(H2,22,24,28). The number of sulfonamides is 1. The third-order valence-electron chi connectivity index (χ3n) is 5.23. The van der Waals surface area contributed by atoms with Crippen molar-refractivity contribution in [3.8, 4) is 5.75 Å². The van der Waals surface area contributed by atoms with Crippen LogP contribution in [0.25, 0.3) is 0 Å². The molecule has 0 unspecified atom stereocenters. The van der Waals surface area contributed by atoms with E-state index in [0.717, 1.165) is 0 Å². The van der Waals surface area contributed by atoms with Crippen LogP contribution in [0.2, 0.25) is 0 Å². The molecule has 0 radical (unpaired) electrons. The van der Waals surface area contributed by atoms with Crippen molar-refractivity contribution in [3.63, 3.8) is 0 Å². The van der Waals surface area contributed by atoms with Gasteiger partial charge in [0.05, 0.1) is 16.4 Å². The number of benzene rings is 2. The fraction of sp³-hybridized carbons (Fsp3) is 0.333. The number of hydrazine groups is 1. The Morgan fingerprint density at radius 1 is 1.06 bits per heavy atom. The Balaban J connectivity index is 1.46. The van der Waals surface area contributed by atoms with Crippen molar-refractivity contribution in [1.29, 1.82) is 0 Å². The number of anilines is 1. The van der Waals surface area contributed by atoms with Crippen LogP contribution in [-0.2, 0) is 14.8 Å². The summed E-state index contributed by atoms with van der Waals surface area (Å²) in [5.41, 5.74) is 4.73. The summed E-state index contributed by atoms with van der Waals surface area (Å²) in [6.07, 6.45) is 0.599. The molecule has 0 aromatic heterocycles. The van der Waals surface area contributed by atoms with Gasteiger partial charge in [-0.15, -0.1) is 0 Å². The normalized spacial score (nSPS) is 14.7. The molecule has 0 atom stereocenters. The monoisotopic (exact) mass is 491 g/mol. The zero-order chi connectivity index (χ0) is 24.7. The average Bonchev–Trinajstić information content (AvgIpc) is 2.83. The molecule has 1 saturated heterocycles.